The van der Waals surface area contributed by atoms with Gasteiger partial charge in [-0.1, -0.05) is 50.1 Å². The summed E-state index contributed by atoms with van der Waals surface area (Å²) in [7, 11) is 1.71. The average molecular weight is 373 g/mol. The van der Waals surface area contributed by atoms with Crippen LogP contribution in [-0.4, -0.2) is 36.8 Å². The van der Waals surface area contributed by atoms with Gasteiger partial charge in [-0.3, -0.25) is 0 Å². The molecule has 0 saturated carbocycles. The molecule has 0 spiro atoms. The second-order valence-electron chi connectivity index (χ2n) is 7.03. The molecule has 1 heterocycles. The number of nitrogens with one attached hydrogen (secondary N) is 2. The molecule has 0 aromatic carbocycles. The maximum Gasteiger partial charge on any atom is 0.223 e. The van der Waals surface area contributed by atoms with E-state index in [-0.39, 0.29) is 0 Å². The van der Waals surface area contributed by atoms with Gasteiger partial charge in [-0.05, 0) is 38.7 Å². The Labute approximate surface area is 165 Å². The highest BCUT2D eigenvalue weighted by Crippen LogP contribution is 2.15. The minimum Gasteiger partial charge on any atom is -0.385 e. The molecule has 1 aromatic rings. The van der Waals surface area contributed by atoms with Crippen LogP contribution in [0.25, 0.3) is 5.70 Å². The molecule has 0 aliphatic heterocycles. The molecule has 0 unspecified atom stereocenters. The van der Waals surface area contributed by atoms with Crippen LogP contribution in [0.3, 0.4) is 0 Å². The summed E-state index contributed by atoms with van der Waals surface area (Å²) in [5.41, 5.74) is 4.50. The molecular weight excluding hydrogens is 336 g/mol. The number of ether oxygens (including phenoxy) is 1. The van der Waals surface area contributed by atoms with Crippen LogP contribution in [0, 0.1) is 5.92 Å². The number of rotatable bonds is 12. The van der Waals surface area contributed by atoms with Crippen LogP contribution in [0.4, 0.5) is 5.95 Å². The Balaban J connectivity index is 2.78. The maximum absolute atomic E-state index is 5.07. The molecule has 1 aromatic heterocycles. The Hall–Kier alpha value is -2.14. The number of allylic oxidation sites excluding steroid dienone is 4. The van der Waals surface area contributed by atoms with Gasteiger partial charge in [-0.25, -0.2) is 9.97 Å². The molecule has 2 N–H and O–H groups in total. The van der Waals surface area contributed by atoms with Gasteiger partial charge in [0.15, 0.2) is 0 Å². The van der Waals surface area contributed by atoms with E-state index in [1.54, 1.807) is 13.3 Å². The first-order valence-corrected chi connectivity index (χ1v) is 9.82. The van der Waals surface area contributed by atoms with E-state index in [0.717, 1.165) is 43.9 Å². The predicted octanol–water partition coefficient (Wildman–Crippen LogP) is 4.81. The van der Waals surface area contributed by atoms with Gasteiger partial charge >= 0.3 is 0 Å². The van der Waals surface area contributed by atoms with Crippen LogP contribution >= 0.6 is 0 Å². The highest BCUT2D eigenvalue weighted by Gasteiger charge is 2.06. The molecule has 0 radical (unpaired) electrons. The van der Waals surface area contributed by atoms with Crippen LogP contribution in [0.5, 0.6) is 0 Å². The van der Waals surface area contributed by atoms with E-state index < -0.39 is 0 Å². The van der Waals surface area contributed by atoms with Crippen LogP contribution < -0.4 is 10.6 Å². The van der Waals surface area contributed by atoms with Crippen molar-refractivity contribution >= 4 is 11.6 Å². The van der Waals surface area contributed by atoms with Crippen molar-refractivity contribution in [1.82, 2.24) is 15.3 Å². The molecule has 0 saturated heterocycles. The third-order valence-electron chi connectivity index (χ3n) is 3.97. The average Bonchev–Trinajstić information content (AvgIpc) is 2.64. The number of hydrogen-bond acceptors (Lipinski definition) is 5. The molecule has 0 amide bonds. The highest BCUT2D eigenvalue weighted by atomic mass is 16.5. The fraction of sp³-hybridized carbons (Fsp3) is 0.545. The third kappa shape index (κ3) is 9.38. The number of aromatic nitrogens is 2. The predicted molar refractivity (Wildman–Crippen MR) is 116 cm³/mol. The van der Waals surface area contributed by atoms with Crippen LogP contribution in [0.2, 0.25) is 0 Å². The molecule has 27 heavy (non-hydrogen) atoms. The summed E-state index contributed by atoms with van der Waals surface area (Å²) in [6.45, 7) is 13.1. The smallest absolute Gasteiger partial charge is 0.223 e. The van der Waals surface area contributed by atoms with Crippen LogP contribution in [0.15, 0.2) is 41.6 Å². The Bertz CT molecular complexity index is 643. The molecule has 5 nitrogen and oxygen atoms in total. The van der Waals surface area contributed by atoms with Crippen LogP contribution in [-0.2, 0) is 4.74 Å². The number of anilines is 1. The van der Waals surface area contributed by atoms with E-state index in [9.17, 15) is 0 Å². The van der Waals surface area contributed by atoms with Crippen molar-refractivity contribution in [3.05, 3.63) is 47.3 Å². The second kappa shape index (κ2) is 13.1. The Morgan fingerprint density at radius 2 is 2.07 bits per heavy atom. The molecule has 5 heteroatoms. The Kier molecular flexibility index (Phi) is 11.1. The lowest BCUT2D eigenvalue weighted by molar-refractivity contribution is 0.197. The first-order valence-electron chi connectivity index (χ1n) is 9.82. The molecule has 0 aliphatic rings. The first-order chi connectivity index (χ1) is 13.0. The summed E-state index contributed by atoms with van der Waals surface area (Å²) < 4.78 is 5.07. The zero-order chi connectivity index (χ0) is 20.1. The Morgan fingerprint density at radius 3 is 2.70 bits per heavy atom. The monoisotopic (exact) mass is 372 g/mol. The molecular formula is C22H36N4O. The summed E-state index contributed by atoms with van der Waals surface area (Å²) >= 11 is 0. The van der Waals surface area contributed by atoms with E-state index in [0.29, 0.717) is 11.9 Å². The summed E-state index contributed by atoms with van der Waals surface area (Å²) in [4.78, 5) is 8.96. The topological polar surface area (TPSA) is 59.1 Å². The third-order valence-corrected chi connectivity index (χ3v) is 3.97. The van der Waals surface area contributed by atoms with Gasteiger partial charge in [-0.2, -0.15) is 0 Å². The SMILES string of the molecule is CCC(/C=C\C(C)C)=C/CNC(=C(C)C)c1ccnc(NCCCOC)n1. The van der Waals surface area contributed by atoms with Gasteiger partial charge in [0.05, 0.1) is 11.4 Å². The molecule has 150 valence electrons. The fourth-order valence-corrected chi connectivity index (χ4v) is 2.45. The minimum atomic E-state index is 0.567. The normalized spacial score (nSPS) is 11.9. The van der Waals surface area contributed by atoms with E-state index >= 15 is 0 Å². The number of methoxy groups -OCH3 is 1. The van der Waals surface area contributed by atoms with E-state index in [1.165, 1.54) is 11.1 Å². The van der Waals surface area contributed by atoms with Gasteiger partial charge in [0, 0.05) is 33.0 Å². The molecule has 1 rings (SSSR count). The number of nitrogens with zero attached hydrogens (tertiary/aromatic N) is 2. The van der Waals surface area contributed by atoms with Crippen molar-refractivity contribution in [3.8, 4) is 0 Å². The standard InChI is InChI=1S/C22H36N4O/c1-7-19(10-9-17(2)3)11-14-23-21(18(4)5)20-12-15-25-22(26-20)24-13-8-16-27-6/h9-12,15,17,23H,7-8,13-14,16H2,1-6H3,(H,24,25,26)/b10-9-,19-11-. The Morgan fingerprint density at radius 1 is 1.30 bits per heavy atom. The van der Waals surface area contributed by atoms with Crippen molar-refractivity contribution in [1.29, 1.82) is 0 Å². The molecule has 0 fully saturated rings. The van der Waals surface area contributed by atoms with E-state index in [2.05, 4.69) is 73.4 Å². The van der Waals surface area contributed by atoms with Gasteiger partial charge in [-0.15, -0.1) is 0 Å². The lowest BCUT2D eigenvalue weighted by atomic mass is 10.1. The van der Waals surface area contributed by atoms with E-state index in [4.69, 9.17) is 4.74 Å². The van der Waals surface area contributed by atoms with E-state index in [1.807, 2.05) is 6.07 Å². The molecule has 0 bridgehead atoms. The largest absolute Gasteiger partial charge is 0.385 e. The van der Waals surface area contributed by atoms with Gasteiger partial charge in [0.25, 0.3) is 0 Å². The van der Waals surface area contributed by atoms with Crippen molar-refractivity contribution in [3.63, 3.8) is 0 Å². The number of hydrogen-bond donors (Lipinski definition) is 2. The van der Waals surface area contributed by atoms with Crippen LogP contribution in [0.1, 0.15) is 53.2 Å². The maximum atomic E-state index is 5.07. The fourth-order valence-electron chi connectivity index (χ4n) is 2.45. The van der Waals surface area contributed by atoms with Gasteiger partial charge in [0.2, 0.25) is 5.95 Å². The lowest BCUT2D eigenvalue weighted by Crippen LogP contribution is -2.16. The quantitative estimate of drug-likeness (QED) is 0.407. The lowest BCUT2D eigenvalue weighted by Gasteiger charge is -2.13. The molecule has 0 atom stereocenters. The molecule has 0 aliphatic carbocycles. The van der Waals surface area contributed by atoms with Crippen molar-refractivity contribution < 1.29 is 4.74 Å². The first kappa shape index (κ1) is 22.9. The van der Waals surface area contributed by atoms with Crippen molar-refractivity contribution in [2.24, 2.45) is 5.92 Å². The van der Waals surface area contributed by atoms with Crippen molar-refractivity contribution in [2.45, 2.75) is 47.5 Å². The summed E-state index contributed by atoms with van der Waals surface area (Å²) in [5.74, 6) is 1.21. The summed E-state index contributed by atoms with van der Waals surface area (Å²) in [5, 5.41) is 6.77. The van der Waals surface area contributed by atoms with Gasteiger partial charge in [0.1, 0.15) is 0 Å². The summed E-state index contributed by atoms with van der Waals surface area (Å²) in [6, 6.07) is 1.94. The highest BCUT2D eigenvalue weighted by molar-refractivity contribution is 5.64. The zero-order valence-electron chi connectivity index (χ0n) is 17.8. The zero-order valence-corrected chi connectivity index (χ0v) is 17.8. The summed E-state index contributed by atoms with van der Waals surface area (Å²) in [6.07, 6.45) is 10.5. The van der Waals surface area contributed by atoms with Gasteiger partial charge < -0.3 is 15.4 Å². The second-order valence-corrected chi connectivity index (χ2v) is 7.03. The minimum absolute atomic E-state index is 0.567. The van der Waals surface area contributed by atoms with Crippen molar-refractivity contribution in [2.75, 3.05) is 32.1 Å².